The standard InChI is InChI=1S/C20H25NO2/c1-4-20(23,5-2)18(15-11-7-6-8-12-15)16-13-9-10-14-17(16)19(22)21-3/h6-14,18,23H,4-5H2,1-3H3,(H,21,22). The normalized spacial score (nSPS) is 12.7. The molecular formula is C20H25NO2. The van der Waals surface area contributed by atoms with E-state index >= 15 is 0 Å². The Morgan fingerprint density at radius 3 is 2.17 bits per heavy atom. The molecule has 1 amide bonds. The highest BCUT2D eigenvalue weighted by Gasteiger charge is 2.37. The fourth-order valence-electron chi connectivity index (χ4n) is 3.17. The van der Waals surface area contributed by atoms with Crippen LogP contribution in [0.2, 0.25) is 0 Å². The Hall–Kier alpha value is -2.13. The smallest absolute Gasteiger partial charge is 0.251 e. The van der Waals surface area contributed by atoms with Crippen LogP contribution in [0.1, 0.15) is 54.1 Å². The average Bonchev–Trinajstić information content (AvgIpc) is 2.62. The summed E-state index contributed by atoms with van der Waals surface area (Å²) in [6, 6.07) is 17.5. The van der Waals surface area contributed by atoms with Gasteiger partial charge >= 0.3 is 0 Å². The van der Waals surface area contributed by atoms with Crippen LogP contribution >= 0.6 is 0 Å². The number of rotatable bonds is 6. The van der Waals surface area contributed by atoms with Gasteiger partial charge in [0.25, 0.3) is 5.91 Å². The number of carbonyl (C=O) groups is 1. The Kier molecular flexibility index (Phi) is 5.56. The molecule has 0 aliphatic heterocycles. The van der Waals surface area contributed by atoms with E-state index in [9.17, 15) is 9.90 Å². The van der Waals surface area contributed by atoms with Crippen LogP contribution in [0.5, 0.6) is 0 Å². The van der Waals surface area contributed by atoms with Gasteiger partial charge in [-0.15, -0.1) is 0 Å². The van der Waals surface area contributed by atoms with Crippen LogP contribution in [0, 0.1) is 0 Å². The summed E-state index contributed by atoms with van der Waals surface area (Å²) < 4.78 is 0. The monoisotopic (exact) mass is 311 g/mol. The molecule has 0 aliphatic carbocycles. The largest absolute Gasteiger partial charge is 0.389 e. The minimum Gasteiger partial charge on any atom is -0.389 e. The summed E-state index contributed by atoms with van der Waals surface area (Å²) in [5.41, 5.74) is 1.61. The zero-order valence-corrected chi connectivity index (χ0v) is 14.0. The van der Waals surface area contributed by atoms with Crippen LogP contribution in [0.3, 0.4) is 0 Å². The highest BCUT2D eigenvalue weighted by Crippen LogP contribution is 2.40. The zero-order chi connectivity index (χ0) is 16.9. The Morgan fingerprint density at radius 1 is 1.04 bits per heavy atom. The van der Waals surface area contributed by atoms with Crippen LogP contribution in [0.4, 0.5) is 0 Å². The third kappa shape index (κ3) is 3.45. The van der Waals surface area contributed by atoms with Crippen molar-refractivity contribution < 1.29 is 9.90 Å². The van der Waals surface area contributed by atoms with Crippen molar-refractivity contribution in [3.05, 3.63) is 71.3 Å². The summed E-state index contributed by atoms with van der Waals surface area (Å²) in [5.74, 6) is -0.372. The molecule has 2 aromatic rings. The molecule has 0 saturated heterocycles. The zero-order valence-electron chi connectivity index (χ0n) is 14.0. The highest BCUT2D eigenvalue weighted by atomic mass is 16.3. The lowest BCUT2D eigenvalue weighted by atomic mass is 9.73. The van der Waals surface area contributed by atoms with E-state index in [4.69, 9.17) is 0 Å². The van der Waals surface area contributed by atoms with Crippen molar-refractivity contribution in [2.45, 2.75) is 38.2 Å². The summed E-state index contributed by atoms with van der Waals surface area (Å²) >= 11 is 0. The average molecular weight is 311 g/mol. The Labute approximate surface area is 138 Å². The molecule has 0 radical (unpaired) electrons. The predicted octanol–water partition coefficient (Wildman–Crippen LogP) is 3.73. The van der Waals surface area contributed by atoms with Gasteiger partial charge in [-0.1, -0.05) is 62.4 Å². The number of nitrogens with one attached hydrogen (secondary N) is 1. The quantitative estimate of drug-likeness (QED) is 0.854. The van der Waals surface area contributed by atoms with Crippen molar-refractivity contribution in [1.29, 1.82) is 0 Å². The molecule has 23 heavy (non-hydrogen) atoms. The van der Waals surface area contributed by atoms with E-state index in [1.54, 1.807) is 7.05 Å². The van der Waals surface area contributed by atoms with Gasteiger partial charge in [0.15, 0.2) is 0 Å². The van der Waals surface area contributed by atoms with Gasteiger partial charge in [-0.05, 0) is 30.0 Å². The third-order valence-corrected chi connectivity index (χ3v) is 4.64. The highest BCUT2D eigenvalue weighted by molar-refractivity contribution is 5.95. The van der Waals surface area contributed by atoms with Crippen molar-refractivity contribution in [2.24, 2.45) is 0 Å². The van der Waals surface area contributed by atoms with Crippen molar-refractivity contribution in [2.75, 3.05) is 7.05 Å². The number of hydrogen-bond acceptors (Lipinski definition) is 2. The first-order valence-electron chi connectivity index (χ1n) is 8.15. The van der Waals surface area contributed by atoms with Crippen molar-refractivity contribution in [3.63, 3.8) is 0 Å². The molecule has 0 fully saturated rings. The molecule has 2 aromatic carbocycles. The first-order chi connectivity index (χ1) is 11.1. The van der Waals surface area contributed by atoms with E-state index in [0.717, 1.165) is 11.1 Å². The molecule has 122 valence electrons. The second-order valence-electron chi connectivity index (χ2n) is 5.82. The lowest BCUT2D eigenvalue weighted by Crippen LogP contribution is -2.37. The molecule has 0 bridgehead atoms. The lowest BCUT2D eigenvalue weighted by Gasteiger charge is -2.36. The second kappa shape index (κ2) is 7.42. The molecule has 0 spiro atoms. The molecule has 1 atom stereocenters. The van der Waals surface area contributed by atoms with Gasteiger partial charge in [0.05, 0.1) is 5.60 Å². The molecule has 0 aromatic heterocycles. The van der Waals surface area contributed by atoms with Gasteiger partial charge in [0.1, 0.15) is 0 Å². The summed E-state index contributed by atoms with van der Waals surface area (Å²) in [5, 5.41) is 13.9. The Morgan fingerprint density at radius 2 is 1.61 bits per heavy atom. The lowest BCUT2D eigenvalue weighted by molar-refractivity contribution is 0.0156. The van der Waals surface area contributed by atoms with E-state index < -0.39 is 5.60 Å². The maximum absolute atomic E-state index is 12.3. The van der Waals surface area contributed by atoms with Gasteiger partial charge in [0, 0.05) is 18.5 Å². The SMILES string of the molecule is CCC(O)(CC)C(c1ccccc1)c1ccccc1C(=O)NC. The maximum Gasteiger partial charge on any atom is 0.251 e. The Balaban J connectivity index is 2.67. The van der Waals surface area contributed by atoms with Gasteiger partial charge in [0.2, 0.25) is 0 Å². The first kappa shape index (κ1) is 17.2. The molecular weight excluding hydrogens is 286 g/mol. The summed E-state index contributed by atoms with van der Waals surface area (Å²) in [6.45, 7) is 3.98. The van der Waals surface area contributed by atoms with E-state index in [1.807, 2.05) is 68.4 Å². The molecule has 0 heterocycles. The van der Waals surface area contributed by atoms with Gasteiger partial charge < -0.3 is 10.4 Å². The molecule has 0 saturated carbocycles. The molecule has 3 nitrogen and oxygen atoms in total. The van der Waals surface area contributed by atoms with Crippen LogP contribution in [-0.4, -0.2) is 23.7 Å². The predicted molar refractivity (Wildman–Crippen MR) is 93.6 cm³/mol. The number of hydrogen-bond donors (Lipinski definition) is 2. The van der Waals surface area contributed by atoms with E-state index in [0.29, 0.717) is 18.4 Å². The van der Waals surface area contributed by atoms with E-state index in [1.165, 1.54) is 0 Å². The molecule has 1 unspecified atom stereocenters. The summed E-state index contributed by atoms with van der Waals surface area (Å²) in [7, 11) is 1.63. The van der Waals surface area contributed by atoms with Crippen LogP contribution in [-0.2, 0) is 0 Å². The van der Waals surface area contributed by atoms with Gasteiger partial charge in [-0.2, -0.15) is 0 Å². The second-order valence-corrected chi connectivity index (χ2v) is 5.82. The summed E-state index contributed by atoms with van der Waals surface area (Å²) in [4.78, 5) is 12.3. The Bertz CT molecular complexity index is 648. The van der Waals surface area contributed by atoms with Crippen LogP contribution in [0.25, 0.3) is 0 Å². The number of benzene rings is 2. The van der Waals surface area contributed by atoms with Crippen molar-refractivity contribution >= 4 is 5.91 Å². The first-order valence-corrected chi connectivity index (χ1v) is 8.15. The minimum absolute atomic E-state index is 0.129. The van der Waals surface area contributed by atoms with Gasteiger partial charge in [-0.3, -0.25) is 4.79 Å². The minimum atomic E-state index is -0.897. The van der Waals surface area contributed by atoms with Crippen LogP contribution in [0.15, 0.2) is 54.6 Å². The van der Waals surface area contributed by atoms with E-state index in [-0.39, 0.29) is 11.8 Å². The van der Waals surface area contributed by atoms with Crippen molar-refractivity contribution in [3.8, 4) is 0 Å². The molecule has 0 aliphatic rings. The molecule has 2 N–H and O–H groups in total. The maximum atomic E-state index is 12.3. The number of amides is 1. The third-order valence-electron chi connectivity index (χ3n) is 4.64. The van der Waals surface area contributed by atoms with Crippen molar-refractivity contribution in [1.82, 2.24) is 5.32 Å². The topological polar surface area (TPSA) is 49.3 Å². The molecule has 3 heteroatoms. The summed E-state index contributed by atoms with van der Waals surface area (Å²) in [6.07, 6.45) is 1.23. The fourth-order valence-corrected chi connectivity index (χ4v) is 3.17. The number of carbonyl (C=O) groups excluding carboxylic acids is 1. The van der Waals surface area contributed by atoms with Crippen LogP contribution < -0.4 is 5.32 Å². The number of aliphatic hydroxyl groups is 1. The molecule has 2 rings (SSSR count). The van der Waals surface area contributed by atoms with Gasteiger partial charge in [-0.25, -0.2) is 0 Å². The fraction of sp³-hybridized carbons (Fsp3) is 0.350. The van der Waals surface area contributed by atoms with E-state index in [2.05, 4.69) is 5.32 Å².